The van der Waals surface area contributed by atoms with Gasteiger partial charge in [-0.25, -0.2) is 4.79 Å². The molecule has 0 rings (SSSR count). The van der Waals surface area contributed by atoms with Crippen LogP contribution in [0.5, 0.6) is 0 Å². The summed E-state index contributed by atoms with van der Waals surface area (Å²) in [5, 5.41) is 9.15. The summed E-state index contributed by atoms with van der Waals surface area (Å²) >= 11 is 0. The van der Waals surface area contributed by atoms with Gasteiger partial charge in [0.15, 0.2) is 0 Å². The minimum Gasteiger partial charge on any atom is -0.435 e. The number of rotatable bonds is 8. The molecule has 0 aromatic carbocycles. The van der Waals surface area contributed by atoms with Crippen LogP contribution in [0.15, 0.2) is 0 Å². The van der Waals surface area contributed by atoms with E-state index in [-0.39, 0.29) is 13.2 Å². The lowest BCUT2D eigenvalue weighted by molar-refractivity contribution is -0.767. The average molecular weight is 235 g/mol. The Kier molecular flexibility index (Phi) is 7.92. The predicted octanol–water partition coefficient (Wildman–Crippen LogP) is 1.93. The van der Waals surface area contributed by atoms with Gasteiger partial charge >= 0.3 is 6.16 Å². The van der Waals surface area contributed by atoms with Gasteiger partial charge in [-0.05, 0) is 33.1 Å². The van der Waals surface area contributed by atoms with Crippen LogP contribution in [0.3, 0.4) is 0 Å². The molecule has 0 spiro atoms. The van der Waals surface area contributed by atoms with E-state index in [0.29, 0.717) is 19.3 Å². The molecule has 94 valence electrons. The van der Waals surface area contributed by atoms with Crippen molar-refractivity contribution >= 4 is 6.16 Å². The van der Waals surface area contributed by atoms with Crippen molar-refractivity contribution < 1.29 is 24.2 Å². The van der Waals surface area contributed by atoms with Gasteiger partial charge in [0.25, 0.3) is 5.09 Å². The third-order valence-electron chi connectivity index (χ3n) is 1.75. The van der Waals surface area contributed by atoms with Crippen molar-refractivity contribution in [1.29, 1.82) is 0 Å². The van der Waals surface area contributed by atoms with Gasteiger partial charge in [-0.1, -0.05) is 0 Å². The summed E-state index contributed by atoms with van der Waals surface area (Å²) in [7, 11) is 0. The number of nitrogens with zero attached hydrogens (tertiary/aromatic N) is 1. The van der Waals surface area contributed by atoms with Crippen molar-refractivity contribution in [3.63, 3.8) is 0 Å². The average Bonchev–Trinajstić information content (AvgIpc) is 2.16. The van der Waals surface area contributed by atoms with Gasteiger partial charge in [-0.2, -0.15) is 0 Å². The first-order valence-electron chi connectivity index (χ1n) is 5.17. The van der Waals surface area contributed by atoms with Crippen LogP contribution in [0.25, 0.3) is 0 Å². The monoisotopic (exact) mass is 235 g/mol. The number of unbranched alkanes of at least 4 members (excludes halogenated alkanes) is 1. The van der Waals surface area contributed by atoms with Crippen LogP contribution < -0.4 is 0 Å². The molecular weight excluding hydrogens is 218 g/mol. The fraction of sp³-hybridized carbons (Fsp3) is 0.889. The number of hydrogen-bond donors (Lipinski definition) is 0. The van der Waals surface area contributed by atoms with E-state index in [2.05, 4.69) is 9.57 Å². The van der Waals surface area contributed by atoms with Crippen molar-refractivity contribution in [1.82, 2.24) is 0 Å². The minimum atomic E-state index is -0.806. The van der Waals surface area contributed by atoms with Crippen molar-refractivity contribution in [3.05, 3.63) is 10.1 Å². The molecule has 0 bridgehead atoms. The second kappa shape index (κ2) is 8.75. The van der Waals surface area contributed by atoms with Gasteiger partial charge in [0.05, 0.1) is 13.2 Å². The van der Waals surface area contributed by atoms with Gasteiger partial charge in [0.1, 0.15) is 6.10 Å². The van der Waals surface area contributed by atoms with E-state index in [0.717, 1.165) is 0 Å². The van der Waals surface area contributed by atoms with E-state index in [1.54, 1.807) is 13.8 Å². The van der Waals surface area contributed by atoms with Crippen LogP contribution >= 0.6 is 0 Å². The summed E-state index contributed by atoms with van der Waals surface area (Å²) in [6.07, 6.45) is 0.751. The van der Waals surface area contributed by atoms with Crippen LogP contribution in [0.1, 0.15) is 33.1 Å². The maximum absolute atomic E-state index is 10.7. The van der Waals surface area contributed by atoms with Crippen molar-refractivity contribution in [2.45, 2.75) is 39.2 Å². The van der Waals surface area contributed by atoms with E-state index in [9.17, 15) is 14.9 Å². The Morgan fingerprint density at radius 2 is 2.06 bits per heavy atom. The Morgan fingerprint density at radius 1 is 1.38 bits per heavy atom. The molecule has 7 heteroatoms. The summed E-state index contributed by atoms with van der Waals surface area (Å²) in [4.78, 5) is 25.0. The van der Waals surface area contributed by atoms with Gasteiger partial charge in [0, 0.05) is 0 Å². The molecule has 0 aromatic heterocycles. The highest BCUT2D eigenvalue weighted by atomic mass is 17.0. The molecule has 0 fully saturated rings. The van der Waals surface area contributed by atoms with E-state index in [1.807, 2.05) is 0 Å². The van der Waals surface area contributed by atoms with Crippen molar-refractivity contribution in [3.8, 4) is 0 Å². The Labute approximate surface area is 93.8 Å². The standard InChI is InChI=1S/C9H17NO6/c1-3-14-9(11)15-7-5-4-6-8(2)16-10(12)13/h8H,3-7H2,1-2H3. The van der Waals surface area contributed by atoms with E-state index in [4.69, 9.17) is 4.74 Å². The summed E-state index contributed by atoms with van der Waals surface area (Å²) in [6, 6.07) is 0. The van der Waals surface area contributed by atoms with Crippen LogP contribution in [0.2, 0.25) is 0 Å². The van der Waals surface area contributed by atoms with Crippen LogP contribution in [0, 0.1) is 10.1 Å². The minimum absolute atomic E-state index is 0.254. The number of hydrogen-bond acceptors (Lipinski definition) is 6. The van der Waals surface area contributed by atoms with E-state index >= 15 is 0 Å². The highest BCUT2D eigenvalue weighted by Crippen LogP contribution is 2.04. The van der Waals surface area contributed by atoms with Crippen LogP contribution in [0.4, 0.5) is 4.79 Å². The van der Waals surface area contributed by atoms with Gasteiger partial charge in [-0.3, -0.25) is 0 Å². The first-order valence-corrected chi connectivity index (χ1v) is 5.17. The third kappa shape index (κ3) is 9.04. The van der Waals surface area contributed by atoms with Gasteiger partial charge in [0.2, 0.25) is 0 Å². The lowest BCUT2D eigenvalue weighted by atomic mass is 10.2. The molecule has 1 atom stereocenters. The summed E-state index contributed by atoms with van der Waals surface area (Å²) in [6.45, 7) is 3.85. The van der Waals surface area contributed by atoms with Crippen LogP contribution in [-0.2, 0) is 14.3 Å². The molecule has 0 saturated carbocycles. The number of carbonyl (C=O) groups is 1. The van der Waals surface area contributed by atoms with E-state index in [1.165, 1.54) is 0 Å². The number of carbonyl (C=O) groups excluding carboxylic acids is 1. The molecule has 0 aliphatic heterocycles. The first kappa shape index (κ1) is 14.5. The van der Waals surface area contributed by atoms with Crippen molar-refractivity contribution in [2.24, 2.45) is 0 Å². The normalized spacial score (nSPS) is 11.6. The van der Waals surface area contributed by atoms with Gasteiger partial charge in [-0.15, -0.1) is 10.1 Å². The summed E-state index contributed by atoms with van der Waals surface area (Å²) in [5.74, 6) is 0. The zero-order valence-electron chi connectivity index (χ0n) is 9.51. The lowest BCUT2D eigenvalue weighted by Gasteiger charge is -2.08. The fourth-order valence-corrected chi connectivity index (χ4v) is 1.05. The van der Waals surface area contributed by atoms with Gasteiger partial charge < -0.3 is 14.3 Å². The largest absolute Gasteiger partial charge is 0.508 e. The molecule has 0 N–H and O–H groups in total. The SMILES string of the molecule is CCOC(=O)OCCCCC(C)O[N+](=O)[O-]. The molecular formula is C9H17NO6. The molecule has 0 saturated heterocycles. The highest BCUT2D eigenvalue weighted by Gasteiger charge is 2.07. The summed E-state index contributed by atoms with van der Waals surface area (Å²) < 4.78 is 9.26. The zero-order chi connectivity index (χ0) is 12.4. The topological polar surface area (TPSA) is 87.9 Å². The smallest absolute Gasteiger partial charge is 0.435 e. The zero-order valence-corrected chi connectivity index (χ0v) is 9.51. The molecule has 0 aromatic rings. The molecule has 0 aliphatic carbocycles. The Morgan fingerprint density at radius 3 is 2.62 bits per heavy atom. The lowest BCUT2D eigenvalue weighted by Crippen LogP contribution is -2.13. The Hall–Kier alpha value is -1.53. The molecule has 0 amide bonds. The molecule has 7 nitrogen and oxygen atoms in total. The molecule has 0 aliphatic rings. The molecule has 0 radical (unpaired) electrons. The highest BCUT2D eigenvalue weighted by molar-refractivity contribution is 5.59. The second-order valence-electron chi connectivity index (χ2n) is 3.17. The van der Waals surface area contributed by atoms with E-state index < -0.39 is 17.3 Å². The maximum Gasteiger partial charge on any atom is 0.508 e. The number of ether oxygens (including phenoxy) is 2. The molecule has 16 heavy (non-hydrogen) atoms. The second-order valence-corrected chi connectivity index (χ2v) is 3.17. The van der Waals surface area contributed by atoms with Crippen LogP contribution in [-0.4, -0.2) is 30.6 Å². The quantitative estimate of drug-likeness (QED) is 0.276. The van der Waals surface area contributed by atoms with Crippen molar-refractivity contribution in [2.75, 3.05) is 13.2 Å². The molecule has 0 heterocycles. The maximum atomic E-state index is 10.7. The Bertz CT molecular complexity index is 220. The third-order valence-corrected chi connectivity index (χ3v) is 1.75. The predicted molar refractivity (Wildman–Crippen MR) is 54.4 cm³/mol. The Balaban J connectivity index is 3.32. The first-order chi connectivity index (χ1) is 7.56. The summed E-state index contributed by atoms with van der Waals surface area (Å²) in [5.41, 5.74) is 0. The fourth-order valence-electron chi connectivity index (χ4n) is 1.05. The molecule has 1 unspecified atom stereocenters.